The number of esters is 1. The van der Waals surface area contributed by atoms with Crippen molar-refractivity contribution < 1.29 is 19.1 Å². The number of methoxy groups -OCH3 is 1. The summed E-state index contributed by atoms with van der Waals surface area (Å²) in [5, 5.41) is 3.56. The molecule has 0 radical (unpaired) electrons. The van der Waals surface area contributed by atoms with Gasteiger partial charge in [0, 0.05) is 6.92 Å². The molecular formula is C14H19N3O4. The fraction of sp³-hybridized carbons (Fsp3) is 0.357. The lowest BCUT2D eigenvalue weighted by atomic mass is 10.2. The molecule has 7 nitrogen and oxygen atoms in total. The molecule has 0 bridgehead atoms. The number of benzene rings is 1. The average molecular weight is 293 g/mol. The summed E-state index contributed by atoms with van der Waals surface area (Å²) in [6.45, 7) is 2.98. The van der Waals surface area contributed by atoms with Gasteiger partial charge in [0.15, 0.2) is 0 Å². The van der Waals surface area contributed by atoms with Gasteiger partial charge < -0.3 is 10.1 Å². The van der Waals surface area contributed by atoms with Crippen molar-refractivity contribution in [2.24, 2.45) is 0 Å². The zero-order chi connectivity index (χ0) is 15.8. The van der Waals surface area contributed by atoms with Crippen LogP contribution in [0.3, 0.4) is 0 Å². The van der Waals surface area contributed by atoms with Gasteiger partial charge in [0.25, 0.3) is 0 Å². The predicted molar refractivity (Wildman–Crippen MR) is 75.8 cm³/mol. The molecule has 3 amide bonds. The van der Waals surface area contributed by atoms with Crippen LogP contribution in [0.4, 0.5) is 4.79 Å². The van der Waals surface area contributed by atoms with E-state index in [1.807, 2.05) is 30.3 Å². The highest BCUT2D eigenvalue weighted by Crippen LogP contribution is 2.03. The van der Waals surface area contributed by atoms with Crippen molar-refractivity contribution in [2.45, 2.75) is 26.4 Å². The van der Waals surface area contributed by atoms with Crippen molar-refractivity contribution in [1.29, 1.82) is 0 Å². The molecule has 1 atom stereocenters. The standard InChI is InChI=1S/C14H19N3O4/c1-10(13(19)21-3)15-14(20)17(16-11(2)18)9-12-7-5-4-6-8-12/h4-8,10H,9H2,1-3H3,(H,15,20)(H,16,18)/t10-/m0/s1. The minimum atomic E-state index is -0.811. The number of hydrazine groups is 1. The van der Waals surface area contributed by atoms with Crippen LogP contribution >= 0.6 is 0 Å². The zero-order valence-electron chi connectivity index (χ0n) is 12.3. The van der Waals surface area contributed by atoms with E-state index in [1.165, 1.54) is 21.0 Å². The first-order chi connectivity index (χ1) is 9.93. The molecule has 0 aliphatic carbocycles. The van der Waals surface area contributed by atoms with E-state index >= 15 is 0 Å². The number of nitrogens with one attached hydrogen (secondary N) is 2. The molecule has 0 aromatic heterocycles. The number of carbonyl (C=O) groups excluding carboxylic acids is 3. The molecule has 1 aromatic rings. The molecule has 0 fully saturated rings. The van der Waals surface area contributed by atoms with Gasteiger partial charge in [-0.05, 0) is 12.5 Å². The normalized spacial score (nSPS) is 11.2. The van der Waals surface area contributed by atoms with Gasteiger partial charge in [-0.25, -0.2) is 14.6 Å². The molecule has 0 aliphatic heterocycles. The van der Waals surface area contributed by atoms with Crippen LogP contribution in [0.2, 0.25) is 0 Å². The fourth-order valence-corrected chi connectivity index (χ4v) is 1.62. The second-order valence-electron chi connectivity index (χ2n) is 4.43. The third kappa shape index (κ3) is 5.52. The van der Waals surface area contributed by atoms with Gasteiger partial charge in [-0.15, -0.1) is 0 Å². The van der Waals surface area contributed by atoms with Crippen molar-refractivity contribution in [2.75, 3.05) is 7.11 Å². The van der Waals surface area contributed by atoms with Gasteiger partial charge in [-0.1, -0.05) is 30.3 Å². The Hall–Kier alpha value is -2.57. The molecule has 0 saturated carbocycles. The summed E-state index contributed by atoms with van der Waals surface area (Å²) in [6.07, 6.45) is 0. The first kappa shape index (κ1) is 16.5. The van der Waals surface area contributed by atoms with Gasteiger partial charge in [-0.3, -0.25) is 10.2 Å². The van der Waals surface area contributed by atoms with E-state index in [-0.39, 0.29) is 12.5 Å². The Kier molecular flexibility index (Phi) is 6.19. The Morgan fingerprint density at radius 3 is 2.38 bits per heavy atom. The molecule has 2 N–H and O–H groups in total. The topological polar surface area (TPSA) is 87.7 Å². The number of ether oxygens (including phenoxy) is 1. The molecular weight excluding hydrogens is 274 g/mol. The second kappa shape index (κ2) is 7.88. The molecule has 21 heavy (non-hydrogen) atoms. The molecule has 1 rings (SSSR count). The Bertz CT molecular complexity index is 504. The van der Waals surface area contributed by atoms with Gasteiger partial charge in [0.2, 0.25) is 5.91 Å². The van der Waals surface area contributed by atoms with Gasteiger partial charge in [0.05, 0.1) is 13.7 Å². The first-order valence-electron chi connectivity index (χ1n) is 6.41. The van der Waals surface area contributed by atoms with Crippen LogP contribution in [0, 0.1) is 0 Å². The maximum atomic E-state index is 12.1. The Morgan fingerprint density at radius 1 is 1.24 bits per heavy atom. The fourth-order valence-electron chi connectivity index (χ4n) is 1.62. The van der Waals surface area contributed by atoms with Crippen LogP contribution in [0.5, 0.6) is 0 Å². The van der Waals surface area contributed by atoms with Crippen LogP contribution in [0.25, 0.3) is 0 Å². The quantitative estimate of drug-likeness (QED) is 0.635. The first-order valence-corrected chi connectivity index (χ1v) is 6.41. The minimum absolute atomic E-state index is 0.181. The summed E-state index contributed by atoms with van der Waals surface area (Å²) in [6, 6.07) is 7.76. The number of rotatable bonds is 4. The maximum Gasteiger partial charge on any atom is 0.337 e. The molecule has 1 aromatic carbocycles. The Morgan fingerprint density at radius 2 is 1.86 bits per heavy atom. The third-order valence-corrected chi connectivity index (χ3v) is 2.62. The number of hydrogen-bond acceptors (Lipinski definition) is 4. The van der Waals surface area contributed by atoms with Gasteiger partial charge >= 0.3 is 12.0 Å². The number of hydrogen-bond donors (Lipinski definition) is 2. The van der Waals surface area contributed by atoms with Crippen LogP contribution in [-0.2, 0) is 20.9 Å². The number of urea groups is 1. The maximum absolute atomic E-state index is 12.1. The Balaban J connectivity index is 2.75. The highest BCUT2D eigenvalue weighted by atomic mass is 16.5. The van der Waals surface area contributed by atoms with Crippen molar-refractivity contribution in [1.82, 2.24) is 15.8 Å². The van der Waals surface area contributed by atoms with Crippen LogP contribution in [0.1, 0.15) is 19.4 Å². The molecule has 0 spiro atoms. The number of amides is 3. The minimum Gasteiger partial charge on any atom is -0.467 e. The van der Waals surface area contributed by atoms with E-state index in [1.54, 1.807) is 0 Å². The highest BCUT2D eigenvalue weighted by Gasteiger charge is 2.21. The molecule has 7 heteroatoms. The highest BCUT2D eigenvalue weighted by molar-refractivity contribution is 5.84. The average Bonchev–Trinajstić information content (AvgIpc) is 2.46. The van der Waals surface area contributed by atoms with E-state index in [0.29, 0.717) is 0 Å². The summed E-state index contributed by atoms with van der Waals surface area (Å²) in [7, 11) is 1.24. The van der Waals surface area contributed by atoms with E-state index in [9.17, 15) is 14.4 Å². The Labute approximate surface area is 123 Å². The van der Waals surface area contributed by atoms with Crippen molar-refractivity contribution >= 4 is 17.9 Å². The van der Waals surface area contributed by atoms with E-state index < -0.39 is 18.0 Å². The number of nitrogens with zero attached hydrogens (tertiary/aromatic N) is 1. The lowest BCUT2D eigenvalue weighted by Crippen LogP contribution is -2.53. The monoisotopic (exact) mass is 293 g/mol. The molecule has 0 heterocycles. The summed E-state index contributed by atoms with van der Waals surface area (Å²) in [4.78, 5) is 34.6. The summed E-state index contributed by atoms with van der Waals surface area (Å²) < 4.78 is 4.53. The molecule has 0 unspecified atom stereocenters. The third-order valence-electron chi connectivity index (χ3n) is 2.62. The smallest absolute Gasteiger partial charge is 0.337 e. The molecule has 0 aliphatic rings. The summed E-state index contributed by atoms with van der Waals surface area (Å²) in [5.74, 6) is -0.947. The van der Waals surface area contributed by atoms with Crippen molar-refractivity contribution in [3.63, 3.8) is 0 Å². The molecule has 114 valence electrons. The predicted octanol–water partition coefficient (Wildman–Crippen LogP) is 0.811. The summed E-state index contributed by atoms with van der Waals surface area (Å²) in [5.41, 5.74) is 3.26. The molecule has 0 saturated heterocycles. The van der Waals surface area contributed by atoms with Gasteiger partial charge in [-0.2, -0.15) is 0 Å². The van der Waals surface area contributed by atoms with Crippen LogP contribution < -0.4 is 10.7 Å². The van der Waals surface area contributed by atoms with Crippen LogP contribution in [-0.4, -0.2) is 36.1 Å². The van der Waals surface area contributed by atoms with Crippen molar-refractivity contribution in [3.05, 3.63) is 35.9 Å². The SMILES string of the molecule is COC(=O)[C@H](C)NC(=O)N(Cc1ccccc1)NC(C)=O. The summed E-state index contributed by atoms with van der Waals surface area (Å²) >= 11 is 0. The van der Waals surface area contributed by atoms with Gasteiger partial charge in [0.1, 0.15) is 6.04 Å². The van der Waals surface area contributed by atoms with Crippen LogP contribution in [0.15, 0.2) is 30.3 Å². The largest absolute Gasteiger partial charge is 0.467 e. The zero-order valence-corrected chi connectivity index (χ0v) is 12.3. The van der Waals surface area contributed by atoms with E-state index in [0.717, 1.165) is 10.6 Å². The number of carbonyl (C=O) groups is 3. The lowest BCUT2D eigenvalue weighted by Gasteiger charge is -2.24. The van der Waals surface area contributed by atoms with Crippen molar-refractivity contribution in [3.8, 4) is 0 Å². The van der Waals surface area contributed by atoms with E-state index in [2.05, 4.69) is 15.5 Å². The lowest BCUT2D eigenvalue weighted by molar-refractivity contribution is -0.142. The second-order valence-corrected chi connectivity index (χ2v) is 4.43. The van der Waals surface area contributed by atoms with E-state index in [4.69, 9.17) is 0 Å².